The van der Waals surface area contributed by atoms with E-state index in [2.05, 4.69) is 0 Å². The highest BCUT2D eigenvalue weighted by atomic mass is 32.2. The minimum atomic E-state index is -4.69. The summed E-state index contributed by atoms with van der Waals surface area (Å²) in [6.07, 6.45) is -9.62. The van der Waals surface area contributed by atoms with E-state index in [9.17, 15) is 37.2 Å². The van der Waals surface area contributed by atoms with Crippen LogP contribution < -0.4 is 0 Å². The first-order valence-electron chi connectivity index (χ1n) is 13.1. The van der Waals surface area contributed by atoms with Crippen molar-refractivity contribution in [2.24, 2.45) is 16.7 Å². The van der Waals surface area contributed by atoms with E-state index in [1.54, 1.807) is 0 Å². The Morgan fingerprint density at radius 2 is 1.02 bits per heavy atom. The summed E-state index contributed by atoms with van der Waals surface area (Å²) >= 11 is 0. The molecule has 3 aliphatic carbocycles. The highest BCUT2D eigenvalue weighted by Crippen LogP contribution is 2.64. The predicted octanol–water partition coefficient (Wildman–Crippen LogP) is 0.769. The summed E-state index contributed by atoms with van der Waals surface area (Å²) in [7, 11) is -4.69. The highest BCUT2D eigenvalue weighted by molar-refractivity contribution is 7.86. The molecular formula is C26H36O14S. The van der Waals surface area contributed by atoms with Crippen LogP contribution in [0.5, 0.6) is 0 Å². The largest absolute Gasteiger partial charge is 0.455 e. The quantitative estimate of drug-likeness (QED) is 0.203. The SMILES string of the molecule is CC(=O)OC1[C@H](OC(C)=O)[C@H](OC(C)=O)C(OS(=O)(=O)C[C@]23CC[C@H](CC2=O)C3(C)C)[C@H](OC(C)=O)[C@H]1OC(C)=O. The van der Waals surface area contributed by atoms with Crippen molar-refractivity contribution in [2.75, 3.05) is 5.75 Å². The smallest absolute Gasteiger partial charge is 0.303 e. The number of carbonyl (C=O) groups is 6. The Bertz CT molecular complexity index is 1180. The third-order valence-electron chi connectivity index (χ3n) is 8.27. The molecule has 41 heavy (non-hydrogen) atoms. The minimum Gasteiger partial charge on any atom is -0.455 e. The van der Waals surface area contributed by atoms with Crippen molar-refractivity contribution in [3.05, 3.63) is 0 Å². The monoisotopic (exact) mass is 604 g/mol. The standard InChI is InChI=1S/C26H36O14S/c1-12(27)35-19-20(36-13(2)28)22(38-15(4)30)24(23(39-16(5)31)21(19)37-14(3)29)40-41(33,34)11-26-9-8-17(10-18(26)32)25(26,6)7/h17,19-24H,8-11H2,1-7H3/t17-,19?,20+,21+,22-,23+,24?,26-/m1/s1. The Morgan fingerprint density at radius 1 is 0.683 bits per heavy atom. The Labute approximate surface area is 237 Å². The summed E-state index contributed by atoms with van der Waals surface area (Å²) in [6, 6.07) is 0. The molecule has 2 bridgehead atoms. The van der Waals surface area contributed by atoms with Crippen LogP contribution in [0.2, 0.25) is 0 Å². The third kappa shape index (κ3) is 6.55. The zero-order valence-corrected chi connectivity index (χ0v) is 24.8. The van der Waals surface area contributed by atoms with E-state index < -0.39 is 93.2 Å². The molecule has 0 heterocycles. The fraction of sp³-hybridized carbons (Fsp3) is 0.769. The number of Topliss-reactive ketones (excluding diaryl/α,β-unsaturated/α-hetero) is 1. The maximum atomic E-state index is 13.7. The fourth-order valence-electron chi connectivity index (χ4n) is 6.47. The number of rotatable bonds is 9. The number of fused-ring (bicyclic) bond motifs is 2. The number of hydrogen-bond donors (Lipinski definition) is 0. The molecule has 0 amide bonds. The summed E-state index contributed by atoms with van der Waals surface area (Å²) in [4.78, 5) is 73.6. The van der Waals surface area contributed by atoms with Gasteiger partial charge in [0.1, 0.15) is 5.78 Å². The zero-order valence-electron chi connectivity index (χ0n) is 24.0. The molecule has 3 saturated carbocycles. The predicted molar refractivity (Wildman–Crippen MR) is 135 cm³/mol. The van der Waals surface area contributed by atoms with Gasteiger partial charge in [-0.3, -0.25) is 33.0 Å². The van der Waals surface area contributed by atoms with Gasteiger partial charge in [-0.15, -0.1) is 0 Å². The van der Waals surface area contributed by atoms with Crippen molar-refractivity contribution in [1.29, 1.82) is 0 Å². The lowest BCUT2D eigenvalue weighted by Crippen LogP contribution is -2.69. The molecule has 230 valence electrons. The Kier molecular flexibility index (Phi) is 9.23. The van der Waals surface area contributed by atoms with Gasteiger partial charge in [0.15, 0.2) is 36.6 Å². The lowest BCUT2D eigenvalue weighted by Gasteiger charge is -2.47. The van der Waals surface area contributed by atoms with E-state index >= 15 is 0 Å². The molecule has 14 nitrogen and oxygen atoms in total. The van der Waals surface area contributed by atoms with Crippen LogP contribution in [0.1, 0.15) is 67.7 Å². The van der Waals surface area contributed by atoms with E-state index in [4.69, 9.17) is 27.9 Å². The first-order chi connectivity index (χ1) is 18.8. The zero-order chi connectivity index (χ0) is 31.1. The van der Waals surface area contributed by atoms with Gasteiger partial charge in [-0.05, 0) is 24.2 Å². The fourth-order valence-corrected chi connectivity index (χ4v) is 8.38. The minimum absolute atomic E-state index is 0.00588. The van der Waals surface area contributed by atoms with Gasteiger partial charge < -0.3 is 23.7 Å². The molecule has 0 spiro atoms. The number of ether oxygens (including phenoxy) is 5. The number of carbonyl (C=O) groups excluding carboxylic acids is 6. The lowest BCUT2D eigenvalue weighted by molar-refractivity contribution is -0.251. The second-order valence-electron chi connectivity index (χ2n) is 11.3. The number of esters is 5. The van der Waals surface area contributed by atoms with Crippen LogP contribution in [0.4, 0.5) is 0 Å². The molecule has 0 radical (unpaired) electrons. The van der Waals surface area contributed by atoms with Crippen LogP contribution in [0, 0.1) is 16.7 Å². The normalized spacial score (nSPS) is 33.9. The Balaban J connectivity index is 2.14. The molecule has 0 aromatic rings. The van der Waals surface area contributed by atoms with Crippen LogP contribution in [-0.2, 0) is 66.8 Å². The van der Waals surface area contributed by atoms with Gasteiger partial charge in [0.2, 0.25) is 0 Å². The van der Waals surface area contributed by atoms with Gasteiger partial charge in [0.25, 0.3) is 10.1 Å². The summed E-state index contributed by atoms with van der Waals surface area (Å²) in [5.74, 6) is -5.73. The van der Waals surface area contributed by atoms with Crippen LogP contribution in [-0.4, -0.2) is 86.4 Å². The van der Waals surface area contributed by atoms with E-state index in [-0.39, 0.29) is 18.1 Å². The first kappa shape index (κ1) is 32.4. The van der Waals surface area contributed by atoms with Crippen LogP contribution in [0.25, 0.3) is 0 Å². The Morgan fingerprint density at radius 3 is 1.29 bits per heavy atom. The molecule has 0 aliphatic heterocycles. The molecule has 0 saturated heterocycles. The maximum Gasteiger partial charge on any atom is 0.303 e. The maximum absolute atomic E-state index is 13.7. The van der Waals surface area contributed by atoms with Crippen LogP contribution >= 0.6 is 0 Å². The van der Waals surface area contributed by atoms with Gasteiger partial charge in [-0.1, -0.05) is 13.8 Å². The van der Waals surface area contributed by atoms with Crippen molar-refractivity contribution in [2.45, 2.75) is 104 Å². The van der Waals surface area contributed by atoms with E-state index in [1.807, 2.05) is 13.8 Å². The average molecular weight is 605 g/mol. The topological polar surface area (TPSA) is 192 Å². The van der Waals surface area contributed by atoms with Crippen molar-refractivity contribution in [3.8, 4) is 0 Å². The number of hydrogen-bond acceptors (Lipinski definition) is 14. The molecule has 0 aromatic heterocycles. The molecule has 3 rings (SSSR count). The molecule has 15 heteroatoms. The third-order valence-corrected chi connectivity index (χ3v) is 9.63. The first-order valence-corrected chi connectivity index (χ1v) is 14.7. The van der Waals surface area contributed by atoms with Crippen molar-refractivity contribution >= 4 is 45.7 Å². The van der Waals surface area contributed by atoms with Gasteiger partial charge >= 0.3 is 29.8 Å². The number of ketones is 1. The highest BCUT2D eigenvalue weighted by Gasteiger charge is 2.66. The molecule has 2 unspecified atom stereocenters. The van der Waals surface area contributed by atoms with Crippen LogP contribution in [0.15, 0.2) is 0 Å². The van der Waals surface area contributed by atoms with Crippen molar-refractivity contribution < 1.29 is 65.1 Å². The Hall–Kier alpha value is -3.07. The summed E-state index contributed by atoms with van der Waals surface area (Å²) in [5.41, 5.74) is -1.90. The van der Waals surface area contributed by atoms with Gasteiger partial charge in [0.05, 0.1) is 11.2 Å². The van der Waals surface area contributed by atoms with E-state index in [0.29, 0.717) is 12.8 Å². The van der Waals surface area contributed by atoms with Gasteiger partial charge in [0, 0.05) is 41.0 Å². The molecule has 0 N–H and O–H groups in total. The van der Waals surface area contributed by atoms with Crippen molar-refractivity contribution in [1.82, 2.24) is 0 Å². The second-order valence-corrected chi connectivity index (χ2v) is 12.9. The van der Waals surface area contributed by atoms with Gasteiger partial charge in [-0.2, -0.15) is 8.42 Å². The molecule has 0 aromatic carbocycles. The molecule has 8 atom stereocenters. The van der Waals surface area contributed by atoms with Crippen LogP contribution in [0.3, 0.4) is 0 Å². The molecular weight excluding hydrogens is 568 g/mol. The summed E-state index contributed by atoms with van der Waals surface area (Å²) in [5, 5.41) is 0. The van der Waals surface area contributed by atoms with Gasteiger partial charge in [-0.25, -0.2) is 0 Å². The summed E-state index contributed by atoms with van der Waals surface area (Å²) in [6.45, 7) is 8.59. The molecule has 3 fully saturated rings. The summed E-state index contributed by atoms with van der Waals surface area (Å²) < 4.78 is 59.5. The van der Waals surface area contributed by atoms with Crippen molar-refractivity contribution in [3.63, 3.8) is 0 Å². The lowest BCUT2D eigenvalue weighted by atomic mass is 9.70. The average Bonchev–Trinajstić information content (AvgIpc) is 3.13. The van der Waals surface area contributed by atoms with E-state index in [1.165, 1.54) is 0 Å². The molecule has 3 aliphatic rings. The van der Waals surface area contributed by atoms with E-state index in [0.717, 1.165) is 34.6 Å². The second kappa shape index (κ2) is 11.7.